The largest absolute Gasteiger partial charge is 0.497 e. The van der Waals surface area contributed by atoms with E-state index in [1.165, 1.54) is 32.9 Å². The number of methoxy groups -OCH3 is 1. The number of esters is 2. The summed E-state index contributed by atoms with van der Waals surface area (Å²) in [6.45, 7) is 17.7. The van der Waals surface area contributed by atoms with Gasteiger partial charge >= 0.3 is 11.9 Å². The van der Waals surface area contributed by atoms with Crippen LogP contribution in [0.3, 0.4) is 0 Å². The molecule has 0 aliphatic carbocycles. The third kappa shape index (κ3) is 15.6. The van der Waals surface area contributed by atoms with Crippen molar-refractivity contribution in [3.05, 3.63) is 53.4 Å². The fourth-order valence-electron chi connectivity index (χ4n) is 9.04. The lowest BCUT2D eigenvalue weighted by molar-refractivity contribution is -0.161. The summed E-state index contributed by atoms with van der Waals surface area (Å²) >= 11 is 0. The van der Waals surface area contributed by atoms with Gasteiger partial charge in [0, 0.05) is 39.3 Å². The van der Waals surface area contributed by atoms with Gasteiger partial charge in [-0.15, -0.1) is 0 Å². The number of ketones is 1. The van der Waals surface area contributed by atoms with E-state index >= 15 is 0 Å². The van der Waals surface area contributed by atoms with Gasteiger partial charge in [-0.3, -0.25) is 43.2 Å². The molecule has 3 fully saturated rings. The highest BCUT2D eigenvalue weighted by Crippen LogP contribution is 2.26. The molecular weight excluding hydrogens is 947 g/mol. The molecule has 0 radical (unpaired) electrons. The normalized spacial score (nSPS) is 23.2. The Morgan fingerprint density at radius 2 is 1.60 bits per heavy atom. The number of aliphatic imine (C=N–C) groups is 1. The van der Waals surface area contributed by atoms with Crippen molar-refractivity contribution >= 4 is 64.8 Å². The van der Waals surface area contributed by atoms with Crippen LogP contribution < -0.4 is 15.4 Å². The average molecular weight is 1020 g/mol. The number of hydrogen-bond donors (Lipinski definition) is 3. The number of carbonyl (C=O) groups is 10. The van der Waals surface area contributed by atoms with E-state index in [1.54, 1.807) is 52.0 Å². The third-order valence-corrected chi connectivity index (χ3v) is 12.7. The maximum absolute atomic E-state index is 14.8. The molecular formula is C52H73N7O14. The second-order valence-electron chi connectivity index (χ2n) is 20.2. The van der Waals surface area contributed by atoms with Crippen LogP contribution in [0, 0.1) is 17.8 Å². The van der Waals surface area contributed by atoms with Crippen molar-refractivity contribution in [2.75, 3.05) is 33.8 Å². The molecule has 0 spiro atoms. The van der Waals surface area contributed by atoms with Crippen molar-refractivity contribution in [1.29, 1.82) is 0 Å². The van der Waals surface area contributed by atoms with E-state index in [4.69, 9.17) is 14.2 Å². The molecule has 400 valence electrons. The number of aliphatic hydroxyl groups excluding tert-OH is 1. The Hall–Kier alpha value is -6.77. The standard InChI is InChI=1S/C52H73N7O14/c1-28(2)22-36-50(68)59-21-15-19-38(59)52(70)57(26-34-16-13-17-35(24-34)71-12)27-42(63)72-33(10)44(47(65)54-43(30(5)6)40(61)25-41(62)73-45(31(7)8)48(66)53-36)55-46(64)39(23-29(3)4)56(11)51(69)37-18-14-20-58(37)49(67)32(9)60/h13,16-17,24,28-29,31,36-40,45,61H,10,14-15,18-23,25-27H2,1-9,11-12H3,(H,53,66)(H,54,65)/t36-,37-,38-,39+,40-,45-/m0/s1. The van der Waals surface area contributed by atoms with E-state index in [0.717, 1.165) is 21.6 Å². The van der Waals surface area contributed by atoms with Crippen molar-refractivity contribution < 1.29 is 67.3 Å². The molecule has 0 unspecified atom stereocenters. The van der Waals surface area contributed by atoms with Gasteiger partial charge in [0.2, 0.25) is 23.5 Å². The summed E-state index contributed by atoms with van der Waals surface area (Å²) < 4.78 is 16.7. The molecule has 4 rings (SSSR count). The molecule has 3 heterocycles. The number of nitrogens with one attached hydrogen (secondary N) is 2. The van der Waals surface area contributed by atoms with Crippen molar-refractivity contribution in [3.63, 3.8) is 0 Å². The highest BCUT2D eigenvalue weighted by molar-refractivity contribution is 6.46. The maximum Gasteiger partial charge on any atom is 0.331 e. The number of likely N-dealkylation sites (N-methyl/N-ethyl adjacent to an activating group) is 1. The first-order valence-electron chi connectivity index (χ1n) is 24.7. The molecule has 21 nitrogen and oxygen atoms in total. The highest BCUT2D eigenvalue weighted by atomic mass is 16.6. The monoisotopic (exact) mass is 1020 g/mol. The van der Waals surface area contributed by atoms with Gasteiger partial charge in [0.25, 0.3) is 23.6 Å². The van der Waals surface area contributed by atoms with Crippen molar-refractivity contribution in [2.45, 2.75) is 150 Å². The first-order valence-corrected chi connectivity index (χ1v) is 24.7. The summed E-state index contributed by atoms with van der Waals surface area (Å²) in [5.74, 6) is -10.1. The molecule has 1 aromatic rings. The number of likely N-dealkylation sites (tertiary alicyclic amines) is 1. The molecule has 3 aliphatic rings. The molecule has 3 N–H and O–H groups in total. The van der Waals surface area contributed by atoms with Crippen molar-refractivity contribution in [3.8, 4) is 5.75 Å². The smallest absolute Gasteiger partial charge is 0.331 e. The quantitative estimate of drug-likeness (QED) is 0.201. The molecule has 21 heteroatoms. The molecule has 73 heavy (non-hydrogen) atoms. The topological polar surface area (TPSA) is 268 Å². The lowest BCUT2D eigenvalue weighted by Crippen LogP contribution is -2.56. The second kappa shape index (κ2) is 26.3. The number of hydrogen-bond acceptors (Lipinski definition) is 14. The molecule has 7 amide bonds. The zero-order valence-electron chi connectivity index (χ0n) is 44.0. The van der Waals surface area contributed by atoms with Crippen molar-refractivity contribution in [1.82, 2.24) is 30.2 Å². The van der Waals surface area contributed by atoms with Gasteiger partial charge in [0.05, 0.1) is 13.5 Å². The summed E-state index contributed by atoms with van der Waals surface area (Å²) in [6.07, 6.45) is -2.64. The SMILES string of the molecule is C=C1OC(=O)CN(Cc2cccc(OC)c2)C(=O)[C@@H]2CCCN2C(=O)[C@H](CC(C)C)NC(=O)[C@H](C(C)C)OC(=O)C[C@H](O)C(=C(C)C)NC(=O)C1=NC(=O)[C@@H](CC(C)C)N(C)C(=O)[C@@H]1CCCN1C(=O)C(C)=O. The van der Waals surface area contributed by atoms with Crippen LogP contribution in [0.1, 0.15) is 113 Å². The Balaban J connectivity index is 1.87. The number of cyclic esters (lactones) is 2. The summed E-state index contributed by atoms with van der Waals surface area (Å²) in [7, 11) is 2.79. The van der Waals surface area contributed by atoms with E-state index in [2.05, 4.69) is 22.2 Å². The maximum atomic E-state index is 14.8. The Labute approximate surface area is 427 Å². The summed E-state index contributed by atoms with van der Waals surface area (Å²) in [6, 6.07) is 2.01. The molecule has 1 aromatic carbocycles. The third-order valence-electron chi connectivity index (χ3n) is 12.7. The fraction of sp³-hybridized carbons (Fsp3) is 0.596. The number of ether oxygens (including phenoxy) is 3. The van der Waals surface area contributed by atoms with Gasteiger partial charge in [-0.25, -0.2) is 9.79 Å². The van der Waals surface area contributed by atoms with Gasteiger partial charge in [0.15, 0.2) is 17.6 Å². The predicted octanol–water partition coefficient (Wildman–Crippen LogP) is 2.77. The Kier molecular flexibility index (Phi) is 21.2. The summed E-state index contributed by atoms with van der Waals surface area (Å²) in [5.41, 5.74) is -0.336. The second-order valence-corrected chi connectivity index (χ2v) is 20.2. The van der Waals surface area contributed by atoms with Crippen LogP contribution in [-0.4, -0.2) is 160 Å². The zero-order valence-corrected chi connectivity index (χ0v) is 44.0. The fourth-order valence-corrected chi connectivity index (χ4v) is 9.04. The van der Waals surface area contributed by atoms with Crippen LogP contribution >= 0.6 is 0 Å². The molecule has 0 aromatic heterocycles. The molecule has 0 saturated carbocycles. The lowest BCUT2D eigenvalue weighted by Gasteiger charge is -2.33. The Morgan fingerprint density at radius 3 is 2.21 bits per heavy atom. The molecule has 6 atom stereocenters. The number of Topliss-reactive ketones (excluding diaryl/α,β-unsaturated/α-hetero) is 1. The number of fused-ring (bicyclic) bond motifs is 1. The highest BCUT2D eigenvalue weighted by Gasteiger charge is 2.43. The average Bonchev–Trinajstić information content (AvgIpc) is 4.02. The predicted molar refractivity (Wildman–Crippen MR) is 265 cm³/mol. The van der Waals surface area contributed by atoms with Gasteiger partial charge in [0.1, 0.15) is 42.6 Å². The van der Waals surface area contributed by atoms with Crippen molar-refractivity contribution in [2.24, 2.45) is 22.7 Å². The molecule has 3 aliphatic heterocycles. The number of carbonyl (C=O) groups excluding carboxylic acids is 10. The van der Waals surface area contributed by atoms with Crippen LogP contribution in [0.15, 0.2) is 52.9 Å². The van der Waals surface area contributed by atoms with Crippen LogP contribution in [0.4, 0.5) is 0 Å². The zero-order chi connectivity index (χ0) is 54.6. The number of benzene rings is 1. The van der Waals surface area contributed by atoms with Gasteiger partial charge in [-0.1, -0.05) is 65.8 Å². The number of aliphatic hydroxyl groups is 1. The van der Waals surface area contributed by atoms with E-state index in [0.29, 0.717) is 24.2 Å². The lowest BCUT2D eigenvalue weighted by atomic mass is 10.00. The number of nitrogens with zero attached hydrogens (tertiary/aromatic N) is 5. The van der Waals surface area contributed by atoms with Gasteiger partial charge in [-0.05, 0) is 87.8 Å². The van der Waals surface area contributed by atoms with Crippen LogP contribution in [0.2, 0.25) is 0 Å². The van der Waals surface area contributed by atoms with Gasteiger partial charge < -0.3 is 49.6 Å². The minimum atomic E-state index is -1.79. The van der Waals surface area contributed by atoms with Crippen LogP contribution in [0.5, 0.6) is 5.75 Å². The first kappa shape index (κ1) is 58.8. The van der Waals surface area contributed by atoms with E-state index in [9.17, 15) is 53.1 Å². The van der Waals surface area contributed by atoms with Crippen LogP contribution in [0.25, 0.3) is 0 Å². The number of allylic oxidation sites excluding steroid dienone is 1. The summed E-state index contributed by atoms with van der Waals surface area (Å²) in [4.78, 5) is 148. The minimum absolute atomic E-state index is 0.00516. The molecule has 3 saturated heterocycles. The number of amides is 7. The molecule has 0 bridgehead atoms. The minimum Gasteiger partial charge on any atom is -0.497 e. The van der Waals surface area contributed by atoms with E-state index in [1.807, 2.05) is 13.8 Å². The van der Waals surface area contributed by atoms with Crippen LogP contribution in [-0.2, 0) is 64.0 Å². The first-order chi connectivity index (χ1) is 34.2. The Morgan fingerprint density at radius 1 is 0.932 bits per heavy atom. The van der Waals surface area contributed by atoms with E-state index in [-0.39, 0.29) is 68.4 Å². The number of rotatable bonds is 12. The Bertz CT molecular complexity index is 2370. The van der Waals surface area contributed by atoms with Gasteiger partial charge in [-0.2, -0.15) is 0 Å². The summed E-state index contributed by atoms with van der Waals surface area (Å²) in [5, 5.41) is 16.7. The van der Waals surface area contributed by atoms with E-state index < -0.39 is 126 Å².